The van der Waals surface area contributed by atoms with Crippen LogP contribution in [0.5, 0.6) is 0 Å². The summed E-state index contributed by atoms with van der Waals surface area (Å²) in [5.74, 6) is 1.97. The van der Waals surface area contributed by atoms with E-state index in [1.807, 2.05) is 17.4 Å². The molecule has 0 unspecified atom stereocenters. The summed E-state index contributed by atoms with van der Waals surface area (Å²) in [6.07, 6.45) is 3.43. The highest BCUT2D eigenvalue weighted by Crippen LogP contribution is 2.41. The van der Waals surface area contributed by atoms with Crippen LogP contribution in [0.3, 0.4) is 0 Å². The molecule has 0 atom stereocenters. The molecule has 0 aliphatic rings. The van der Waals surface area contributed by atoms with Crippen LogP contribution < -0.4 is 0 Å². The Hall–Kier alpha value is -6.43. The Balaban J connectivity index is 1.09. The third-order valence-electron chi connectivity index (χ3n) is 10.4. The summed E-state index contributed by atoms with van der Waals surface area (Å²) in [6.45, 7) is 2.23. The van der Waals surface area contributed by atoms with Crippen LogP contribution >= 0.6 is 11.3 Å². The lowest BCUT2D eigenvalue weighted by Crippen LogP contribution is -2.01. The molecule has 0 N–H and O–H groups in total. The van der Waals surface area contributed by atoms with E-state index in [0.29, 0.717) is 17.5 Å². The Morgan fingerprint density at radius 1 is 0.444 bits per heavy atom. The van der Waals surface area contributed by atoms with E-state index < -0.39 is 0 Å². The summed E-state index contributed by atoms with van der Waals surface area (Å²) in [7, 11) is 0. The van der Waals surface area contributed by atoms with Gasteiger partial charge < -0.3 is 4.57 Å². The van der Waals surface area contributed by atoms with Crippen molar-refractivity contribution in [2.24, 2.45) is 0 Å². The Kier molecular flexibility index (Phi) is 8.07. The molecule has 0 saturated heterocycles. The number of para-hydroxylation sites is 1. The molecule has 0 radical (unpaired) electrons. The van der Waals surface area contributed by atoms with Gasteiger partial charge in [-0.3, -0.25) is 0 Å². The first-order valence-corrected chi connectivity index (χ1v) is 19.5. The molecule has 258 valence electrons. The van der Waals surface area contributed by atoms with E-state index in [-0.39, 0.29) is 0 Å². The number of aryl methyl sites for hydroxylation is 1. The van der Waals surface area contributed by atoms with Crippen LogP contribution in [0.4, 0.5) is 0 Å². The number of benzene rings is 7. The predicted octanol–water partition coefficient (Wildman–Crippen LogP) is 13.3. The number of hydrogen-bond acceptors (Lipinski definition) is 4. The minimum Gasteiger partial charge on any atom is -0.309 e. The molecule has 0 bridgehead atoms. The number of nitrogens with zero attached hydrogens (tertiary/aromatic N) is 4. The monoisotopic (exact) mass is 712 g/mol. The van der Waals surface area contributed by atoms with Crippen LogP contribution in [0.2, 0.25) is 0 Å². The average Bonchev–Trinajstić information content (AvgIpc) is 3.77. The van der Waals surface area contributed by atoms with Gasteiger partial charge in [-0.2, -0.15) is 0 Å². The highest BCUT2D eigenvalue weighted by Gasteiger charge is 2.17. The zero-order valence-electron chi connectivity index (χ0n) is 29.9. The molecule has 0 aliphatic carbocycles. The van der Waals surface area contributed by atoms with Crippen molar-refractivity contribution in [3.8, 4) is 51.0 Å². The van der Waals surface area contributed by atoms with E-state index in [9.17, 15) is 0 Å². The van der Waals surface area contributed by atoms with E-state index in [1.165, 1.54) is 60.4 Å². The van der Waals surface area contributed by atoms with Crippen molar-refractivity contribution in [2.75, 3.05) is 0 Å². The fourth-order valence-corrected chi connectivity index (χ4v) is 8.78. The van der Waals surface area contributed by atoms with Crippen LogP contribution in [-0.2, 0) is 6.42 Å². The van der Waals surface area contributed by atoms with Gasteiger partial charge in [0.25, 0.3) is 0 Å². The van der Waals surface area contributed by atoms with Crippen molar-refractivity contribution in [3.63, 3.8) is 0 Å². The van der Waals surface area contributed by atoms with Crippen molar-refractivity contribution in [1.29, 1.82) is 0 Å². The van der Waals surface area contributed by atoms with Crippen molar-refractivity contribution in [1.82, 2.24) is 19.5 Å². The molecule has 10 aromatic rings. The van der Waals surface area contributed by atoms with Gasteiger partial charge in [0.05, 0.1) is 11.0 Å². The molecular formula is C49H36N4S. The maximum Gasteiger partial charge on any atom is 0.164 e. The van der Waals surface area contributed by atoms with Gasteiger partial charge in [0.15, 0.2) is 17.5 Å². The fourth-order valence-electron chi connectivity index (χ4n) is 7.66. The van der Waals surface area contributed by atoms with E-state index in [0.717, 1.165) is 39.9 Å². The average molecular weight is 713 g/mol. The van der Waals surface area contributed by atoms with E-state index in [2.05, 4.69) is 169 Å². The minimum absolute atomic E-state index is 0.649. The van der Waals surface area contributed by atoms with Crippen LogP contribution in [0.1, 0.15) is 25.3 Å². The number of rotatable bonds is 8. The lowest BCUT2D eigenvalue weighted by atomic mass is 10.0. The van der Waals surface area contributed by atoms with Crippen LogP contribution in [-0.4, -0.2) is 19.5 Å². The summed E-state index contributed by atoms with van der Waals surface area (Å²) < 4.78 is 5.00. The molecule has 4 nitrogen and oxygen atoms in total. The molecule has 54 heavy (non-hydrogen) atoms. The molecule has 7 aromatic carbocycles. The molecule has 0 saturated carbocycles. The zero-order valence-corrected chi connectivity index (χ0v) is 30.7. The van der Waals surface area contributed by atoms with E-state index in [4.69, 9.17) is 15.0 Å². The summed E-state index contributed by atoms with van der Waals surface area (Å²) >= 11 is 1.86. The standard InChI is InChI=1S/C49H36N4S/c1-2-3-12-32-21-23-34(24-22-32)47-50-48(52-49(51-47)37-16-11-15-36(29-37)33-13-5-4-6-14-33)35-25-27-38(28-26-35)53-43-19-9-7-17-39(43)41-30-42-40-18-8-10-20-45(40)54-46(42)31-44(41)53/h4-11,13-31H,2-3,12H2,1H3. The van der Waals surface area contributed by atoms with Gasteiger partial charge in [-0.25, -0.2) is 15.0 Å². The third kappa shape index (κ3) is 5.74. The zero-order chi connectivity index (χ0) is 36.0. The first-order valence-electron chi connectivity index (χ1n) is 18.7. The number of thiophene rings is 1. The maximum atomic E-state index is 5.11. The number of unbranched alkanes of at least 4 members (excludes halogenated alkanes) is 1. The second-order valence-electron chi connectivity index (χ2n) is 13.9. The molecule has 0 fully saturated rings. The van der Waals surface area contributed by atoms with Gasteiger partial charge in [-0.1, -0.05) is 123 Å². The number of fused-ring (bicyclic) bond motifs is 6. The molecule has 5 heteroatoms. The molecule has 3 heterocycles. The lowest BCUT2D eigenvalue weighted by molar-refractivity contribution is 0.795. The van der Waals surface area contributed by atoms with Gasteiger partial charge in [-0.05, 0) is 84.1 Å². The third-order valence-corrected chi connectivity index (χ3v) is 11.6. The van der Waals surface area contributed by atoms with Crippen molar-refractivity contribution >= 4 is 53.3 Å². The summed E-state index contributed by atoms with van der Waals surface area (Å²) in [5, 5.41) is 5.14. The van der Waals surface area contributed by atoms with Crippen molar-refractivity contribution in [3.05, 3.63) is 169 Å². The predicted molar refractivity (Wildman–Crippen MR) is 227 cm³/mol. The highest BCUT2D eigenvalue weighted by molar-refractivity contribution is 7.25. The maximum absolute atomic E-state index is 5.11. The van der Waals surface area contributed by atoms with Crippen molar-refractivity contribution < 1.29 is 0 Å². The quantitative estimate of drug-likeness (QED) is 0.158. The van der Waals surface area contributed by atoms with Gasteiger partial charge in [0.1, 0.15) is 0 Å². The van der Waals surface area contributed by atoms with Crippen molar-refractivity contribution in [2.45, 2.75) is 26.2 Å². The fraction of sp³-hybridized carbons (Fsp3) is 0.0816. The summed E-state index contributed by atoms with van der Waals surface area (Å²) in [5.41, 5.74) is 9.98. The minimum atomic E-state index is 0.649. The molecule has 10 rings (SSSR count). The SMILES string of the molecule is CCCCc1ccc(-c2nc(-c3ccc(-n4c5ccccc5c5cc6c(cc54)sc4ccccc46)cc3)nc(-c3cccc(-c4ccccc4)c3)n2)cc1. The Labute approximate surface area is 318 Å². The first-order chi connectivity index (χ1) is 26.7. The van der Waals surface area contributed by atoms with E-state index in [1.54, 1.807) is 0 Å². The van der Waals surface area contributed by atoms with Gasteiger partial charge in [0.2, 0.25) is 0 Å². The normalized spacial score (nSPS) is 11.6. The summed E-state index contributed by atoms with van der Waals surface area (Å²) in [6, 6.07) is 58.5. The Morgan fingerprint density at radius 3 is 1.83 bits per heavy atom. The van der Waals surface area contributed by atoms with Crippen LogP contribution in [0.15, 0.2) is 164 Å². The highest BCUT2D eigenvalue weighted by atomic mass is 32.1. The second kappa shape index (κ2) is 13.5. The molecule has 0 spiro atoms. The molecule has 3 aromatic heterocycles. The molecular weight excluding hydrogens is 677 g/mol. The lowest BCUT2D eigenvalue weighted by Gasteiger charge is -2.11. The Morgan fingerprint density at radius 2 is 1.07 bits per heavy atom. The van der Waals surface area contributed by atoms with Gasteiger partial charge in [0, 0.05) is 53.3 Å². The topological polar surface area (TPSA) is 43.6 Å². The smallest absolute Gasteiger partial charge is 0.164 e. The number of hydrogen-bond donors (Lipinski definition) is 0. The van der Waals surface area contributed by atoms with Gasteiger partial charge >= 0.3 is 0 Å². The van der Waals surface area contributed by atoms with Crippen LogP contribution in [0, 0.1) is 0 Å². The van der Waals surface area contributed by atoms with Crippen LogP contribution in [0.25, 0.3) is 93.0 Å². The van der Waals surface area contributed by atoms with E-state index >= 15 is 0 Å². The summed E-state index contributed by atoms with van der Waals surface area (Å²) in [4.78, 5) is 15.3. The number of aromatic nitrogens is 4. The Bertz CT molecular complexity index is 2960. The largest absolute Gasteiger partial charge is 0.309 e. The molecule has 0 aliphatic heterocycles. The first kappa shape index (κ1) is 32.2. The van der Waals surface area contributed by atoms with Gasteiger partial charge in [-0.15, -0.1) is 11.3 Å². The molecule has 0 amide bonds. The second-order valence-corrected chi connectivity index (χ2v) is 15.0.